The fourth-order valence-corrected chi connectivity index (χ4v) is 3.36. The number of guanidine groups is 1. The summed E-state index contributed by atoms with van der Waals surface area (Å²) in [5, 5.41) is 15.4. The average molecular weight is 358 g/mol. The van der Waals surface area contributed by atoms with Gasteiger partial charge in [-0.1, -0.05) is 6.92 Å². The van der Waals surface area contributed by atoms with Crippen LogP contribution in [0.2, 0.25) is 0 Å². The van der Waals surface area contributed by atoms with Gasteiger partial charge in [0.1, 0.15) is 12.1 Å². The lowest BCUT2D eigenvalue weighted by Gasteiger charge is -2.28. The van der Waals surface area contributed by atoms with Gasteiger partial charge in [0.15, 0.2) is 11.6 Å². The number of fused-ring (bicyclic) bond motifs is 1. The Bertz CT molecular complexity index is 730. The van der Waals surface area contributed by atoms with Crippen LogP contribution in [-0.4, -0.2) is 51.4 Å². The van der Waals surface area contributed by atoms with Gasteiger partial charge in [-0.05, 0) is 38.5 Å². The molecule has 1 fully saturated rings. The van der Waals surface area contributed by atoms with Crippen molar-refractivity contribution in [2.45, 2.75) is 45.6 Å². The SMILES string of the molecule is CCNC(=NCCNc1ncnc2c1cnn2C)NC1CCC(C)CC1. The van der Waals surface area contributed by atoms with E-state index < -0.39 is 0 Å². The van der Waals surface area contributed by atoms with Gasteiger partial charge in [-0.3, -0.25) is 9.67 Å². The number of aryl methyl sites for hydroxylation is 1. The molecule has 0 amide bonds. The minimum atomic E-state index is 0.536. The molecule has 2 heterocycles. The summed E-state index contributed by atoms with van der Waals surface area (Å²) in [6.07, 6.45) is 8.40. The molecular weight excluding hydrogens is 328 g/mol. The Hall–Kier alpha value is -2.38. The van der Waals surface area contributed by atoms with E-state index in [0.29, 0.717) is 19.1 Å². The van der Waals surface area contributed by atoms with E-state index in [0.717, 1.165) is 35.3 Å². The van der Waals surface area contributed by atoms with Crippen LogP contribution in [0.1, 0.15) is 39.5 Å². The maximum atomic E-state index is 4.69. The minimum absolute atomic E-state index is 0.536. The maximum absolute atomic E-state index is 4.69. The first-order chi connectivity index (χ1) is 12.7. The molecule has 26 heavy (non-hydrogen) atoms. The molecule has 1 saturated carbocycles. The van der Waals surface area contributed by atoms with Crippen molar-refractivity contribution >= 4 is 22.8 Å². The maximum Gasteiger partial charge on any atom is 0.191 e. The van der Waals surface area contributed by atoms with Crippen molar-refractivity contribution in [3.8, 4) is 0 Å². The van der Waals surface area contributed by atoms with Gasteiger partial charge in [-0.15, -0.1) is 0 Å². The molecule has 2 aromatic heterocycles. The highest BCUT2D eigenvalue weighted by atomic mass is 15.3. The zero-order valence-electron chi connectivity index (χ0n) is 16.0. The van der Waals surface area contributed by atoms with E-state index in [1.807, 2.05) is 7.05 Å². The smallest absolute Gasteiger partial charge is 0.191 e. The van der Waals surface area contributed by atoms with E-state index in [1.165, 1.54) is 25.7 Å². The van der Waals surface area contributed by atoms with Crippen LogP contribution in [0, 0.1) is 5.92 Å². The van der Waals surface area contributed by atoms with Crippen LogP contribution in [0.3, 0.4) is 0 Å². The topological polar surface area (TPSA) is 92.1 Å². The summed E-state index contributed by atoms with van der Waals surface area (Å²) in [4.78, 5) is 13.3. The average Bonchev–Trinajstić information content (AvgIpc) is 3.03. The van der Waals surface area contributed by atoms with Gasteiger partial charge in [0.05, 0.1) is 18.1 Å². The quantitative estimate of drug-likeness (QED) is 0.415. The Morgan fingerprint density at radius 1 is 1.27 bits per heavy atom. The molecule has 142 valence electrons. The molecule has 0 saturated heterocycles. The highest BCUT2D eigenvalue weighted by molar-refractivity contribution is 5.86. The van der Waals surface area contributed by atoms with E-state index in [9.17, 15) is 0 Å². The van der Waals surface area contributed by atoms with Gasteiger partial charge < -0.3 is 16.0 Å². The summed E-state index contributed by atoms with van der Waals surface area (Å²) in [5.41, 5.74) is 0.826. The van der Waals surface area contributed by atoms with Gasteiger partial charge in [0.25, 0.3) is 0 Å². The van der Waals surface area contributed by atoms with Crippen molar-refractivity contribution in [2.75, 3.05) is 25.0 Å². The van der Waals surface area contributed by atoms with Crippen molar-refractivity contribution in [3.63, 3.8) is 0 Å². The van der Waals surface area contributed by atoms with Gasteiger partial charge >= 0.3 is 0 Å². The van der Waals surface area contributed by atoms with Crippen molar-refractivity contribution in [1.82, 2.24) is 30.4 Å². The summed E-state index contributed by atoms with van der Waals surface area (Å²) < 4.78 is 1.75. The summed E-state index contributed by atoms with van der Waals surface area (Å²) in [6.45, 7) is 6.68. The zero-order valence-corrected chi connectivity index (χ0v) is 16.0. The number of anilines is 1. The number of aromatic nitrogens is 4. The Kier molecular flexibility index (Phi) is 6.25. The monoisotopic (exact) mass is 358 g/mol. The van der Waals surface area contributed by atoms with Crippen LogP contribution in [0.25, 0.3) is 11.0 Å². The van der Waals surface area contributed by atoms with Crippen LogP contribution < -0.4 is 16.0 Å². The second-order valence-corrected chi connectivity index (χ2v) is 7.02. The molecule has 0 radical (unpaired) electrons. The highest BCUT2D eigenvalue weighted by Crippen LogP contribution is 2.23. The third-order valence-corrected chi connectivity index (χ3v) is 4.90. The van der Waals surface area contributed by atoms with E-state index >= 15 is 0 Å². The molecule has 1 aliphatic rings. The van der Waals surface area contributed by atoms with Crippen molar-refractivity contribution < 1.29 is 0 Å². The largest absolute Gasteiger partial charge is 0.367 e. The number of hydrogen-bond donors (Lipinski definition) is 3. The second-order valence-electron chi connectivity index (χ2n) is 7.02. The summed E-state index contributed by atoms with van der Waals surface area (Å²) in [7, 11) is 1.88. The fraction of sp³-hybridized carbons (Fsp3) is 0.667. The number of hydrogen-bond acceptors (Lipinski definition) is 5. The number of nitrogens with one attached hydrogen (secondary N) is 3. The van der Waals surface area contributed by atoms with Crippen LogP contribution >= 0.6 is 0 Å². The molecule has 0 aromatic carbocycles. The Morgan fingerprint density at radius 3 is 2.85 bits per heavy atom. The van der Waals surface area contributed by atoms with E-state index in [4.69, 9.17) is 4.99 Å². The molecule has 1 aliphatic carbocycles. The van der Waals surface area contributed by atoms with Crippen LogP contribution in [0.5, 0.6) is 0 Å². The molecule has 0 atom stereocenters. The molecular formula is C18H30N8. The van der Waals surface area contributed by atoms with Crippen LogP contribution in [-0.2, 0) is 7.05 Å². The van der Waals surface area contributed by atoms with Crippen LogP contribution in [0.4, 0.5) is 5.82 Å². The predicted molar refractivity (Wildman–Crippen MR) is 105 cm³/mol. The summed E-state index contributed by atoms with van der Waals surface area (Å²) >= 11 is 0. The lowest BCUT2D eigenvalue weighted by atomic mass is 9.87. The third kappa shape index (κ3) is 4.62. The number of rotatable bonds is 6. The van der Waals surface area contributed by atoms with Crippen molar-refractivity contribution in [1.29, 1.82) is 0 Å². The lowest BCUT2D eigenvalue weighted by molar-refractivity contribution is 0.329. The van der Waals surface area contributed by atoms with Gasteiger partial charge in [-0.2, -0.15) is 5.10 Å². The molecule has 0 aliphatic heterocycles. The molecule has 3 rings (SSSR count). The Labute approximate surface area is 154 Å². The molecule has 0 spiro atoms. The van der Waals surface area contributed by atoms with Crippen molar-refractivity contribution in [2.24, 2.45) is 18.0 Å². The minimum Gasteiger partial charge on any atom is -0.367 e. The zero-order chi connectivity index (χ0) is 18.4. The first kappa shape index (κ1) is 18.4. The molecule has 3 N–H and O–H groups in total. The van der Waals surface area contributed by atoms with Gasteiger partial charge in [-0.25, -0.2) is 9.97 Å². The molecule has 2 aromatic rings. The molecule has 0 bridgehead atoms. The van der Waals surface area contributed by atoms with E-state index in [2.05, 4.69) is 44.9 Å². The fourth-order valence-electron chi connectivity index (χ4n) is 3.36. The van der Waals surface area contributed by atoms with Gasteiger partial charge in [0, 0.05) is 26.2 Å². The lowest BCUT2D eigenvalue weighted by Crippen LogP contribution is -2.45. The van der Waals surface area contributed by atoms with Crippen LogP contribution in [0.15, 0.2) is 17.5 Å². The van der Waals surface area contributed by atoms with Gasteiger partial charge in [0.2, 0.25) is 0 Å². The summed E-state index contributed by atoms with van der Waals surface area (Å²) in [5.74, 6) is 2.56. The Morgan fingerprint density at radius 2 is 2.08 bits per heavy atom. The molecule has 8 heteroatoms. The standard InChI is InChI=1S/C18H30N8/c1-4-19-18(25-14-7-5-13(2)6-8-14)21-10-9-20-16-15-11-24-26(3)17(15)23-12-22-16/h11-14H,4-10H2,1-3H3,(H2,19,21,25)(H,20,22,23). The number of nitrogens with zero attached hydrogens (tertiary/aromatic N) is 5. The second kappa shape index (κ2) is 8.82. The first-order valence-corrected chi connectivity index (χ1v) is 9.58. The van der Waals surface area contributed by atoms with E-state index in [-0.39, 0.29) is 0 Å². The Balaban J connectivity index is 1.53. The third-order valence-electron chi connectivity index (χ3n) is 4.90. The molecule has 0 unspecified atom stereocenters. The first-order valence-electron chi connectivity index (χ1n) is 9.58. The number of aliphatic imine (C=N–C) groups is 1. The normalized spacial score (nSPS) is 21.0. The van der Waals surface area contributed by atoms with Crippen molar-refractivity contribution in [3.05, 3.63) is 12.5 Å². The molecule has 8 nitrogen and oxygen atoms in total. The predicted octanol–water partition coefficient (Wildman–Crippen LogP) is 1.91. The van der Waals surface area contributed by atoms with E-state index in [1.54, 1.807) is 17.2 Å². The summed E-state index contributed by atoms with van der Waals surface area (Å²) in [6, 6.07) is 0.536. The highest BCUT2D eigenvalue weighted by Gasteiger charge is 2.18.